The van der Waals surface area contributed by atoms with Crippen LogP contribution in [0.5, 0.6) is 0 Å². The highest BCUT2D eigenvalue weighted by Crippen LogP contribution is 2.53. The summed E-state index contributed by atoms with van der Waals surface area (Å²) in [5, 5.41) is 9.19. The minimum atomic E-state index is 0.112. The molecule has 9 rings (SSSR count). The second kappa shape index (κ2) is 7.52. The molecule has 0 fully saturated rings. The van der Waals surface area contributed by atoms with Crippen molar-refractivity contribution in [3.05, 3.63) is 116 Å². The van der Waals surface area contributed by atoms with Crippen LogP contribution in [0, 0.1) is 41.5 Å². The van der Waals surface area contributed by atoms with Crippen molar-refractivity contribution in [1.29, 1.82) is 0 Å². The molecule has 0 unspecified atom stereocenters. The van der Waals surface area contributed by atoms with Gasteiger partial charge in [-0.2, -0.15) is 0 Å². The van der Waals surface area contributed by atoms with Crippen molar-refractivity contribution in [3.8, 4) is 22.3 Å². The van der Waals surface area contributed by atoms with Gasteiger partial charge in [0.05, 0.1) is 0 Å². The summed E-state index contributed by atoms with van der Waals surface area (Å²) in [5.74, 6) is 0.225. The molecule has 200 valence electrons. The number of ketones is 2. The molecule has 0 N–H and O–H groups in total. The maximum absolute atomic E-state index is 14.1. The molecule has 2 nitrogen and oxygen atoms in total. The number of hydrogen-bond acceptors (Lipinski definition) is 2. The molecule has 2 aliphatic carbocycles. The van der Waals surface area contributed by atoms with Crippen molar-refractivity contribution in [2.75, 3.05) is 0 Å². The van der Waals surface area contributed by atoms with Crippen LogP contribution in [0.1, 0.15) is 65.2 Å². The first-order valence-electron chi connectivity index (χ1n) is 14.7. The quantitative estimate of drug-likeness (QED) is 0.142. The average Bonchev–Trinajstić information content (AvgIpc) is 2.95. The van der Waals surface area contributed by atoms with E-state index in [0.717, 1.165) is 77.5 Å². The third-order valence-corrected chi connectivity index (χ3v) is 10.0. The van der Waals surface area contributed by atoms with Crippen molar-refractivity contribution in [2.45, 2.75) is 41.5 Å². The molecule has 0 saturated heterocycles. The Hall–Kier alpha value is -4.82. The zero-order chi connectivity index (χ0) is 28.9. The molecular formula is C40H28O2. The van der Waals surface area contributed by atoms with E-state index < -0.39 is 0 Å². The van der Waals surface area contributed by atoms with Gasteiger partial charge in [-0.3, -0.25) is 9.59 Å². The fourth-order valence-corrected chi connectivity index (χ4v) is 8.34. The van der Waals surface area contributed by atoms with Crippen molar-refractivity contribution in [1.82, 2.24) is 0 Å². The molecule has 7 aromatic carbocycles. The maximum atomic E-state index is 14.1. The Morgan fingerprint density at radius 3 is 1.17 bits per heavy atom. The summed E-state index contributed by atoms with van der Waals surface area (Å²) in [6.07, 6.45) is 0. The standard InChI is InChI=1S/C40H28O2/c1-17-7-9-23-25-13-19(3)31-30-16-22(6)34-36-26(24-10-8-18(2)12-28(24)40(34)42)14-20(4)32(38(30)36)29-15-21(5)33(35(25)37(29)31)39(41)27(23)11-17/h7-16H,1-6H3. The molecule has 2 heteroatoms. The van der Waals surface area contributed by atoms with E-state index in [4.69, 9.17) is 0 Å². The number of carbonyl (C=O) groups excluding carboxylic acids is 2. The van der Waals surface area contributed by atoms with Gasteiger partial charge in [0.25, 0.3) is 0 Å². The van der Waals surface area contributed by atoms with E-state index in [1.165, 1.54) is 43.4 Å². The Kier molecular flexibility index (Phi) is 4.27. The first-order chi connectivity index (χ1) is 20.2. The van der Waals surface area contributed by atoms with E-state index in [1.807, 2.05) is 26.0 Å². The lowest BCUT2D eigenvalue weighted by Gasteiger charge is -2.29. The lowest BCUT2D eigenvalue weighted by atomic mass is 9.73. The predicted molar refractivity (Wildman–Crippen MR) is 174 cm³/mol. The van der Waals surface area contributed by atoms with Gasteiger partial charge in [-0.15, -0.1) is 0 Å². The van der Waals surface area contributed by atoms with Crippen LogP contribution in [-0.2, 0) is 0 Å². The van der Waals surface area contributed by atoms with Gasteiger partial charge in [0.2, 0.25) is 0 Å². The Balaban J connectivity index is 1.58. The van der Waals surface area contributed by atoms with Crippen molar-refractivity contribution < 1.29 is 9.59 Å². The molecule has 2 aliphatic rings. The van der Waals surface area contributed by atoms with Gasteiger partial charge < -0.3 is 0 Å². The fraction of sp³-hybridized carbons (Fsp3) is 0.150. The lowest BCUT2D eigenvalue weighted by molar-refractivity contribution is 0.103. The fourth-order valence-electron chi connectivity index (χ4n) is 8.34. The number of hydrogen-bond donors (Lipinski definition) is 0. The van der Waals surface area contributed by atoms with Crippen LogP contribution in [0.3, 0.4) is 0 Å². The Bertz CT molecular complexity index is 2310. The number of carbonyl (C=O) groups is 2. The monoisotopic (exact) mass is 540 g/mol. The molecule has 0 spiro atoms. The summed E-state index contributed by atoms with van der Waals surface area (Å²) >= 11 is 0. The van der Waals surface area contributed by atoms with Crippen LogP contribution in [0.4, 0.5) is 0 Å². The summed E-state index contributed by atoms with van der Waals surface area (Å²) in [6.45, 7) is 12.7. The summed E-state index contributed by atoms with van der Waals surface area (Å²) in [7, 11) is 0. The predicted octanol–water partition coefficient (Wildman–Crippen LogP) is 10.0. The highest BCUT2D eigenvalue weighted by molar-refractivity contribution is 6.42. The van der Waals surface area contributed by atoms with Crippen LogP contribution in [0.15, 0.2) is 60.7 Å². The average molecular weight is 541 g/mol. The number of rotatable bonds is 0. The van der Waals surface area contributed by atoms with Crippen LogP contribution >= 0.6 is 0 Å². The Labute approximate surface area is 243 Å². The lowest BCUT2D eigenvalue weighted by Crippen LogP contribution is -2.14. The van der Waals surface area contributed by atoms with E-state index in [2.05, 4.69) is 76.2 Å². The molecule has 0 radical (unpaired) electrons. The number of benzene rings is 7. The Morgan fingerprint density at radius 2 is 0.762 bits per heavy atom. The second-order valence-corrected chi connectivity index (χ2v) is 12.7. The van der Waals surface area contributed by atoms with E-state index in [1.54, 1.807) is 0 Å². The minimum absolute atomic E-state index is 0.112. The molecule has 0 bridgehead atoms. The normalized spacial score (nSPS) is 13.6. The zero-order valence-corrected chi connectivity index (χ0v) is 24.6. The maximum Gasteiger partial charge on any atom is 0.194 e. The van der Waals surface area contributed by atoms with Crippen molar-refractivity contribution >= 4 is 54.7 Å². The third-order valence-electron chi connectivity index (χ3n) is 10.0. The van der Waals surface area contributed by atoms with Crippen LogP contribution in [-0.4, -0.2) is 11.6 Å². The third kappa shape index (κ3) is 2.62. The molecule has 0 aromatic heterocycles. The van der Waals surface area contributed by atoms with Gasteiger partial charge in [0.15, 0.2) is 11.6 Å². The minimum Gasteiger partial charge on any atom is -0.289 e. The first kappa shape index (κ1) is 23.8. The number of fused-ring (bicyclic) bond motifs is 6. The molecule has 7 aromatic rings. The SMILES string of the molecule is Cc1ccc2c(c1)C(=O)c1c(C)cc3c4c(C)cc5c6c(c(C)cc(c7c(C)cc-2c1c37)c64)C(=O)c1cc(C)ccc1-5. The van der Waals surface area contributed by atoms with Gasteiger partial charge in [-0.25, -0.2) is 0 Å². The van der Waals surface area contributed by atoms with Gasteiger partial charge in [-0.1, -0.05) is 59.7 Å². The zero-order valence-electron chi connectivity index (χ0n) is 24.6. The topological polar surface area (TPSA) is 34.1 Å². The molecule has 0 amide bonds. The first-order valence-corrected chi connectivity index (χ1v) is 14.7. The molecule has 0 atom stereocenters. The van der Waals surface area contributed by atoms with Crippen LogP contribution in [0.25, 0.3) is 65.3 Å². The summed E-state index contributed by atoms with van der Waals surface area (Å²) < 4.78 is 0. The number of aryl methyl sites for hydroxylation is 6. The summed E-state index contributed by atoms with van der Waals surface area (Å²) in [4.78, 5) is 28.2. The molecule has 0 saturated carbocycles. The van der Waals surface area contributed by atoms with Crippen molar-refractivity contribution in [3.63, 3.8) is 0 Å². The second-order valence-electron chi connectivity index (χ2n) is 12.7. The van der Waals surface area contributed by atoms with Gasteiger partial charge in [-0.05, 0) is 131 Å². The summed E-state index contributed by atoms with van der Waals surface area (Å²) in [5.41, 5.74) is 14.1. The summed E-state index contributed by atoms with van der Waals surface area (Å²) in [6, 6.07) is 21.6. The van der Waals surface area contributed by atoms with E-state index >= 15 is 0 Å². The Morgan fingerprint density at radius 1 is 0.357 bits per heavy atom. The van der Waals surface area contributed by atoms with E-state index in [-0.39, 0.29) is 11.6 Å². The van der Waals surface area contributed by atoms with E-state index in [9.17, 15) is 9.59 Å². The molecule has 42 heavy (non-hydrogen) atoms. The van der Waals surface area contributed by atoms with Gasteiger partial charge in [0, 0.05) is 33.0 Å². The van der Waals surface area contributed by atoms with Crippen LogP contribution in [0.2, 0.25) is 0 Å². The smallest absolute Gasteiger partial charge is 0.194 e. The largest absolute Gasteiger partial charge is 0.289 e. The van der Waals surface area contributed by atoms with Gasteiger partial charge >= 0.3 is 0 Å². The molecule has 0 heterocycles. The van der Waals surface area contributed by atoms with Crippen LogP contribution < -0.4 is 0 Å². The highest BCUT2D eigenvalue weighted by atomic mass is 16.1. The molecule has 0 aliphatic heterocycles. The van der Waals surface area contributed by atoms with E-state index in [0.29, 0.717) is 0 Å². The van der Waals surface area contributed by atoms with Crippen molar-refractivity contribution in [2.24, 2.45) is 0 Å². The molecular weight excluding hydrogens is 512 g/mol. The van der Waals surface area contributed by atoms with Gasteiger partial charge in [0.1, 0.15) is 0 Å². The highest BCUT2D eigenvalue weighted by Gasteiger charge is 2.33.